The Hall–Kier alpha value is -2.22. The summed E-state index contributed by atoms with van der Waals surface area (Å²) in [6.45, 7) is 4.15. The minimum Gasteiger partial charge on any atom is -0.382 e. The Morgan fingerprint density at radius 3 is 2.85 bits per heavy atom. The highest BCUT2D eigenvalue weighted by atomic mass is 35.5. The van der Waals surface area contributed by atoms with Crippen LogP contribution in [0.1, 0.15) is 21.7 Å². The molecular weight excluding hydrogens is 402 g/mol. The number of carbonyl (C=O) groups excluding carboxylic acids is 1. The molecule has 1 aromatic carbocycles. The van der Waals surface area contributed by atoms with Gasteiger partial charge in [-0.2, -0.15) is 0 Å². The Labute approximate surface area is 169 Å². The molecule has 4 rings (SSSR count). The number of hydrogen-bond acceptors (Lipinski definition) is 6. The van der Waals surface area contributed by atoms with Crippen molar-refractivity contribution in [3.8, 4) is 11.3 Å². The lowest BCUT2D eigenvalue weighted by Gasteiger charge is -2.07. The van der Waals surface area contributed by atoms with Crippen molar-refractivity contribution in [2.45, 2.75) is 26.4 Å². The Kier molecular flexibility index (Phi) is 4.99. The molecule has 0 bridgehead atoms. The highest BCUT2D eigenvalue weighted by Gasteiger charge is 2.30. The maximum atomic E-state index is 12.5. The minimum atomic E-state index is -0.686. The predicted molar refractivity (Wildman–Crippen MR) is 111 cm³/mol. The zero-order valence-electron chi connectivity index (χ0n) is 14.7. The molecule has 0 spiro atoms. The fourth-order valence-corrected chi connectivity index (χ4v) is 4.79. The third kappa shape index (κ3) is 3.76. The molecule has 1 unspecified atom stereocenters. The van der Waals surface area contributed by atoms with E-state index < -0.39 is 6.10 Å². The molecule has 1 aliphatic rings. The third-order valence-corrected chi connectivity index (χ3v) is 6.25. The summed E-state index contributed by atoms with van der Waals surface area (Å²) in [5.74, 6) is -0.264. The van der Waals surface area contributed by atoms with Gasteiger partial charge in [0.15, 0.2) is 5.13 Å². The van der Waals surface area contributed by atoms with E-state index in [-0.39, 0.29) is 5.91 Å². The summed E-state index contributed by atoms with van der Waals surface area (Å²) in [6, 6.07) is 9.50. The van der Waals surface area contributed by atoms with Gasteiger partial charge in [0.1, 0.15) is 0 Å². The molecule has 3 heterocycles. The van der Waals surface area contributed by atoms with E-state index in [1.807, 2.05) is 23.6 Å². The summed E-state index contributed by atoms with van der Waals surface area (Å²) < 4.78 is 0. The van der Waals surface area contributed by atoms with Gasteiger partial charge in [-0.15, -0.1) is 22.7 Å². The maximum absolute atomic E-state index is 12.5. The van der Waals surface area contributed by atoms with Gasteiger partial charge in [-0.25, -0.2) is 4.98 Å². The lowest BCUT2D eigenvalue weighted by Crippen LogP contribution is -2.28. The van der Waals surface area contributed by atoms with Gasteiger partial charge >= 0.3 is 0 Å². The second-order valence-electron chi connectivity index (χ2n) is 6.17. The summed E-state index contributed by atoms with van der Waals surface area (Å²) >= 11 is 9.33. The van der Waals surface area contributed by atoms with Crippen LogP contribution in [0.25, 0.3) is 11.3 Å². The van der Waals surface area contributed by atoms with E-state index in [9.17, 15) is 4.79 Å². The first-order chi connectivity index (χ1) is 13.0. The van der Waals surface area contributed by atoms with Gasteiger partial charge in [0.25, 0.3) is 5.91 Å². The quantitative estimate of drug-likeness (QED) is 0.628. The predicted octanol–water partition coefficient (Wildman–Crippen LogP) is 5.27. The Morgan fingerprint density at radius 2 is 2.11 bits per heavy atom. The van der Waals surface area contributed by atoms with Crippen LogP contribution in [0.3, 0.4) is 0 Å². The van der Waals surface area contributed by atoms with Crippen LogP contribution in [0.2, 0.25) is 5.02 Å². The number of oxime groups is 1. The molecule has 2 aromatic heterocycles. The number of aromatic nitrogens is 1. The van der Waals surface area contributed by atoms with Gasteiger partial charge in [-0.05, 0) is 26.0 Å². The molecule has 138 valence electrons. The molecule has 1 aliphatic heterocycles. The Morgan fingerprint density at radius 1 is 1.30 bits per heavy atom. The number of aryl methyl sites for hydroxylation is 2. The van der Waals surface area contributed by atoms with E-state index in [1.54, 1.807) is 17.4 Å². The number of nitrogens with zero attached hydrogens (tertiary/aromatic N) is 2. The summed E-state index contributed by atoms with van der Waals surface area (Å²) in [4.78, 5) is 24.8. The fraction of sp³-hybridized carbons (Fsp3) is 0.211. The molecule has 0 saturated heterocycles. The lowest BCUT2D eigenvalue weighted by molar-refractivity contribution is -0.125. The number of carbonyl (C=O) groups is 1. The van der Waals surface area contributed by atoms with Crippen molar-refractivity contribution >= 4 is 51.0 Å². The molecule has 0 aliphatic carbocycles. The zero-order chi connectivity index (χ0) is 19.0. The number of amides is 1. The number of anilines is 1. The average molecular weight is 418 g/mol. The van der Waals surface area contributed by atoms with Gasteiger partial charge in [-0.3, -0.25) is 10.1 Å². The highest BCUT2D eigenvalue weighted by Crippen LogP contribution is 2.33. The summed E-state index contributed by atoms with van der Waals surface area (Å²) in [6.07, 6.45) is -0.315. The molecule has 1 atom stereocenters. The topological polar surface area (TPSA) is 63.6 Å². The first-order valence-electron chi connectivity index (χ1n) is 8.32. The zero-order valence-corrected chi connectivity index (χ0v) is 17.0. The molecule has 3 aromatic rings. The SMILES string of the molecule is Cc1cc(-c2csc(NC(=O)C3CC(c4ccccc4Cl)=NO3)n2)c(C)s1. The maximum Gasteiger partial charge on any atom is 0.270 e. The number of hydrogen-bond donors (Lipinski definition) is 1. The van der Waals surface area contributed by atoms with E-state index >= 15 is 0 Å². The monoisotopic (exact) mass is 417 g/mol. The van der Waals surface area contributed by atoms with Crippen molar-refractivity contribution < 1.29 is 9.63 Å². The fourth-order valence-electron chi connectivity index (χ4n) is 2.90. The molecular formula is C19H16ClN3O2S2. The molecule has 0 saturated carbocycles. The molecule has 1 N–H and O–H groups in total. The first-order valence-corrected chi connectivity index (χ1v) is 10.4. The van der Waals surface area contributed by atoms with E-state index in [1.165, 1.54) is 21.1 Å². The van der Waals surface area contributed by atoms with Crippen LogP contribution in [0.4, 0.5) is 5.13 Å². The molecule has 5 nitrogen and oxygen atoms in total. The normalized spacial score (nSPS) is 16.1. The smallest absolute Gasteiger partial charge is 0.270 e. The van der Waals surface area contributed by atoms with E-state index in [0.717, 1.165) is 16.8 Å². The summed E-state index contributed by atoms with van der Waals surface area (Å²) in [5.41, 5.74) is 3.44. The molecule has 0 radical (unpaired) electrons. The van der Waals surface area contributed by atoms with E-state index in [0.29, 0.717) is 22.3 Å². The average Bonchev–Trinajstić information content (AvgIpc) is 3.35. The first kappa shape index (κ1) is 18.2. The third-order valence-electron chi connectivity index (χ3n) is 4.20. The lowest BCUT2D eigenvalue weighted by atomic mass is 10.0. The van der Waals surface area contributed by atoms with Crippen LogP contribution in [0, 0.1) is 13.8 Å². The second kappa shape index (κ2) is 7.42. The molecule has 27 heavy (non-hydrogen) atoms. The second-order valence-corrected chi connectivity index (χ2v) is 8.90. The highest BCUT2D eigenvalue weighted by molar-refractivity contribution is 7.14. The summed E-state index contributed by atoms with van der Waals surface area (Å²) in [7, 11) is 0. The number of thiazole rings is 1. The minimum absolute atomic E-state index is 0.264. The molecule has 1 amide bonds. The standard InChI is InChI=1S/C19H16ClN3O2S2/c1-10-7-13(11(2)27-10)16-9-26-19(21-16)22-18(24)17-8-15(23-25-17)12-5-3-4-6-14(12)20/h3-7,9,17H,8H2,1-2H3,(H,21,22,24). The van der Waals surface area contributed by atoms with E-state index in [4.69, 9.17) is 16.4 Å². The van der Waals surface area contributed by atoms with Gasteiger partial charge in [-0.1, -0.05) is 35.0 Å². The number of benzene rings is 1. The van der Waals surface area contributed by atoms with Gasteiger partial charge in [0.05, 0.1) is 11.4 Å². The van der Waals surface area contributed by atoms with Crippen molar-refractivity contribution in [2.75, 3.05) is 5.32 Å². The number of thiophene rings is 1. The number of halogens is 1. The largest absolute Gasteiger partial charge is 0.382 e. The Bertz CT molecular complexity index is 1040. The Balaban J connectivity index is 1.42. The van der Waals surface area contributed by atoms with Crippen LogP contribution in [0.15, 0.2) is 40.9 Å². The van der Waals surface area contributed by atoms with Crippen molar-refractivity contribution in [2.24, 2.45) is 5.16 Å². The molecule has 8 heteroatoms. The van der Waals surface area contributed by atoms with Crippen LogP contribution < -0.4 is 5.32 Å². The number of nitrogens with one attached hydrogen (secondary N) is 1. The van der Waals surface area contributed by atoms with Crippen LogP contribution in [-0.2, 0) is 9.63 Å². The van der Waals surface area contributed by atoms with Crippen molar-refractivity contribution in [3.05, 3.63) is 56.1 Å². The van der Waals surface area contributed by atoms with Crippen LogP contribution in [-0.4, -0.2) is 22.7 Å². The molecule has 0 fully saturated rings. The van der Waals surface area contributed by atoms with Crippen LogP contribution in [0.5, 0.6) is 0 Å². The summed E-state index contributed by atoms with van der Waals surface area (Å²) in [5, 5.41) is 9.95. The van der Waals surface area contributed by atoms with E-state index in [2.05, 4.69) is 35.4 Å². The van der Waals surface area contributed by atoms with Gasteiger partial charge in [0, 0.05) is 37.7 Å². The van der Waals surface area contributed by atoms with Crippen molar-refractivity contribution in [1.82, 2.24) is 4.98 Å². The van der Waals surface area contributed by atoms with Crippen molar-refractivity contribution in [3.63, 3.8) is 0 Å². The van der Waals surface area contributed by atoms with Gasteiger partial charge in [0.2, 0.25) is 6.10 Å². The van der Waals surface area contributed by atoms with Crippen LogP contribution >= 0.6 is 34.3 Å². The number of rotatable bonds is 4. The van der Waals surface area contributed by atoms with Gasteiger partial charge < -0.3 is 4.84 Å². The van der Waals surface area contributed by atoms with Crippen molar-refractivity contribution in [1.29, 1.82) is 0 Å².